The van der Waals surface area contributed by atoms with Crippen molar-refractivity contribution in [1.29, 1.82) is 0 Å². The fourth-order valence-electron chi connectivity index (χ4n) is 2.09. The molecule has 0 aliphatic rings. The van der Waals surface area contributed by atoms with E-state index in [9.17, 15) is 0 Å². The lowest BCUT2D eigenvalue weighted by Crippen LogP contribution is -2.19. The molecule has 0 unspecified atom stereocenters. The van der Waals surface area contributed by atoms with Gasteiger partial charge in [0.2, 0.25) is 0 Å². The number of nitrogens with zero attached hydrogens (tertiary/aromatic N) is 1. The molecule has 114 valence electrons. The summed E-state index contributed by atoms with van der Waals surface area (Å²) in [5, 5.41) is 3.37. The van der Waals surface area contributed by atoms with Crippen molar-refractivity contribution in [3.05, 3.63) is 30.3 Å². The molecular formula is C16H22N2O3. The van der Waals surface area contributed by atoms with E-state index in [0.717, 1.165) is 23.6 Å². The fourth-order valence-corrected chi connectivity index (χ4v) is 2.09. The molecule has 1 aromatic carbocycles. The van der Waals surface area contributed by atoms with E-state index in [2.05, 4.69) is 24.1 Å². The first-order valence-corrected chi connectivity index (χ1v) is 7.01. The van der Waals surface area contributed by atoms with Crippen LogP contribution in [0.2, 0.25) is 0 Å². The molecule has 0 amide bonds. The summed E-state index contributed by atoms with van der Waals surface area (Å²) in [6.45, 7) is 5.96. The van der Waals surface area contributed by atoms with Crippen LogP contribution in [0.4, 0.5) is 0 Å². The number of hydrogen-bond donors (Lipinski definition) is 1. The minimum Gasteiger partial charge on any atom is -0.493 e. The van der Waals surface area contributed by atoms with Crippen LogP contribution in [0.15, 0.2) is 29.0 Å². The van der Waals surface area contributed by atoms with Crippen LogP contribution in [0.5, 0.6) is 11.5 Å². The van der Waals surface area contributed by atoms with E-state index in [1.54, 1.807) is 14.2 Å². The van der Waals surface area contributed by atoms with Crippen LogP contribution >= 0.6 is 0 Å². The van der Waals surface area contributed by atoms with Crippen molar-refractivity contribution in [1.82, 2.24) is 10.3 Å². The van der Waals surface area contributed by atoms with Gasteiger partial charge in [-0.1, -0.05) is 13.8 Å². The second-order valence-electron chi connectivity index (χ2n) is 5.22. The lowest BCUT2D eigenvalue weighted by molar-refractivity contribution is 0.355. The summed E-state index contributed by atoms with van der Waals surface area (Å²) >= 11 is 0. The van der Waals surface area contributed by atoms with Crippen molar-refractivity contribution in [3.8, 4) is 22.8 Å². The van der Waals surface area contributed by atoms with Gasteiger partial charge in [0, 0.05) is 12.1 Å². The first-order valence-electron chi connectivity index (χ1n) is 7.01. The van der Waals surface area contributed by atoms with Crippen molar-refractivity contribution in [2.75, 3.05) is 20.8 Å². The molecule has 1 N–H and O–H groups in total. The average molecular weight is 290 g/mol. The van der Waals surface area contributed by atoms with E-state index in [1.165, 1.54) is 6.39 Å². The number of nitrogens with one attached hydrogen (secondary N) is 1. The summed E-state index contributed by atoms with van der Waals surface area (Å²) in [6.07, 6.45) is 1.47. The molecule has 1 heterocycles. The molecule has 2 rings (SSSR count). The zero-order valence-electron chi connectivity index (χ0n) is 13.0. The molecule has 0 spiro atoms. The van der Waals surface area contributed by atoms with E-state index in [1.807, 2.05) is 18.2 Å². The second kappa shape index (κ2) is 7.13. The van der Waals surface area contributed by atoms with Crippen molar-refractivity contribution < 1.29 is 13.9 Å². The van der Waals surface area contributed by atoms with Gasteiger partial charge in [-0.05, 0) is 30.7 Å². The van der Waals surface area contributed by atoms with E-state index in [-0.39, 0.29) is 0 Å². The molecule has 2 aromatic rings. The molecule has 0 radical (unpaired) electrons. The van der Waals surface area contributed by atoms with Crippen LogP contribution in [0, 0.1) is 5.92 Å². The van der Waals surface area contributed by atoms with Gasteiger partial charge in [0.05, 0.1) is 14.2 Å². The van der Waals surface area contributed by atoms with Gasteiger partial charge < -0.3 is 19.2 Å². The molecule has 0 aliphatic carbocycles. The van der Waals surface area contributed by atoms with Crippen molar-refractivity contribution >= 4 is 0 Å². The molecule has 0 aliphatic heterocycles. The SMILES string of the molecule is COc1ccc(-c2ocnc2CNCC(C)C)cc1OC. The number of methoxy groups -OCH3 is 2. The average Bonchev–Trinajstić information content (AvgIpc) is 2.94. The Kier molecular flexibility index (Phi) is 5.22. The second-order valence-corrected chi connectivity index (χ2v) is 5.22. The number of hydrogen-bond acceptors (Lipinski definition) is 5. The maximum Gasteiger partial charge on any atom is 0.181 e. The predicted molar refractivity (Wildman–Crippen MR) is 81.6 cm³/mol. The number of rotatable bonds is 7. The zero-order valence-corrected chi connectivity index (χ0v) is 13.0. The molecule has 5 nitrogen and oxygen atoms in total. The Morgan fingerprint density at radius 1 is 1.19 bits per heavy atom. The summed E-state index contributed by atoms with van der Waals surface area (Å²) in [4.78, 5) is 4.29. The Balaban J connectivity index is 2.20. The number of benzene rings is 1. The van der Waals surface area contributed by atoms with Gasteiger partial charge in [0.25, 0.3) is 0 Å². The largest absolute Gasteiger partial charge is 0.493 e. The number of ether oxygens (including phenoxy) is 2. The lowest BCUT2D eigenvalue weighted by Gasteiger charge is -2.10. The van der Waals surface area contributed by atoms with Crippen LogP contribution in [-0.4, -0.2) is 25.7 Å². The van der Waals surface area contributed by atoms with Gasteiger partial charge >= 0.3 is 0 Å². The van der Waals surface area contributed by atoms with Gasteiger partial charge in [-0.3, -0.25) is 0 Å². The maximum absolute atomic E-state index is 5.53. The van der Waals surface area contributed by atoms with Crippen LogP contribution in [0.1, 0.15) is 19.5 Å². The smallest absolute Gasteiger partial charge is 0.181 e. The van der Waals surface area contributed by atoms with Crippen LogP contribution in [0.3, 0.4) is 0 Å². The van der Waals surface area contributed by atoms with E-state index < -0.39 is 0 Å². The first-order chi connectivity index (χ1) is 10.2. The Labute approximate surface area is 125 Å². The standard InChI is InChI=1S/C16H22N2O3/c1-11(2)8-17-9-13-16(21-10-18-13)12-5-6-14(19-3)15(7-12)20-4/h5-7,10-11,17H,8-9H2,1-4H3. The van der Waals surface area contributed by atoms with Gasteiger partial charge in [0.15, 0.2) is 23.7 Å². The van der Waals surface area contributed by atoms with E-state index in [0.29, 0.717) is 24.0 Å². The summed E-state index contributed by atoms with van der Waals surface area (Å²) in [6, 6.07) is 5.70. The van der Waals surface area contributed by atoms with Gasteiger partial charge in [-0.2, -0.15) is 0 Å². The third-order valence-electron chi connectivity index (χ3n) is 3.13. The van der Waals surface area contributed by atoms with Crippen LogP contribution in [0.25, 0.3) is 11.3 Å². The minimum absolute atomic E-state index is 0.599. The molecule has 5 heteroatoms. The highest BCUT2D eigenvalue weighted by molar-refractivity contribution is 5.64. The number of aromatic nitrogens is 1. The van der Waals surface area contributed by atoms with E-state index in [4.69, 9.17) is 13.9 Å². The molecule has 0 fully saturated rings. The summed E-state index contributed by atoms with van der Waals surface area (Å²) in [5.74, 6) is 2.72. The summed E-state index contributed by atoms with van der Waals surface area (Å²) in [5.41, 5.74) is 1.81. The van der Waals surface area contributed by atoms with Gasteiger partial charge in [-0.15, -0.1) is 0 Å². The molecule has 0 saturated heterocycles. The van der Waals surface area contributed by atoms with Crippen molar-refractivity contribution in [2.24, 2.45) is 5.92 Å². The predicted octanol–water partition coefficient (Wildman–Crippen LogP) is 3.10. The lowest BCUT2D eigenvalue weighted by atomic mass is 10.1. The first kappa shape index (κ1) is 15.4. The fraction of sp³-hybridized carbons (Fsp3) is 0.438. The summed E-state index contributed by atoms with van der Waals surface area (Å²) < 4.78 is 16.1. The Morgan fingerprint density at radius 2 is 1.95 bits per heavy atom. The Hall–Kier alpha value is -2.01. The van der Waals surface area contributed by atoms with Gasteiger partial charge in [-0.25, -0.2) is 4.98 Å². The third-order valence-corrected chi connectivity index (χ3v) is 3.13. The molecule has 0 bridgehead atoms. The Bertz CT molecular complexity index is 579. The Morgan fingerprint density at radius 3 is 2.62 bits per heavy atom. The van der Waals surface area contributed by atoms with Crippen LogP contribution < -0.4 is 14.8 Å². The normalized spacial score (nSPS) is 10.9. The monoisotopic (exact) mass is 290 g/mol. The van der Waals surface area contributed by atoms with Crippen LogP contribution in [-0.2, 0) is 6.54 Å². The minimum atomic E-state index is 0.599. The van der Waals surface area contributed by atoms with E-state index >= 15 is 0 Å². The van der Waals surface area contributed by atoms with Crippen molar-refractivity contribution in [3.63, 3.8) is 0 Å². The molecule has 1 aromatic heterocycles. The molecular weight excluding hydrogens is 268 g/mol. The quantitative estimate of drug-likeness (QED) is 0.849. The zero-order chi connectivity index (χ0) is 15.2. The highest BCUT2D eigenvalue weighted by atomic mass is 16.5. The maximum atomic E-state index is 5.53. The molecule has 21 heavy (non-hydrogen) atoms. The third kappa shape index (κ3) is 3.76. The molecule has 0 saturated carbocycles. The summed E-state index contributed by atoms with van der Waals surface area (Å²) in [7, 11) is 3.24. The van der Waals surface area contributed by atoms with Crippen molar-refractivity contribution in [2.45, 2.75) is 20.4 Å². The highest BCUT2D eigenvalue weighted by Gasteiger charge is 2.13. The number of oxazole rings is 1. The topological polar surface area (TPSA) is 56.5 Å². The van der Waals surface area contributed by atoms with Gasteiger partial charge in [0.1, 0.15) is 5.69 Å². The molecule has 0 atom stereocenters. The highest BCUT2D eigenvalue weighted by Crippen LogP contribution is 2.33.